The fraction of sp³-hybridized carbons (Fsp3) is 0.727. The summed E-state index contributed by atoms with van der Waals surface area (Å²) in [5, 5.41) is 0. The quantitative estimate of drug-likeness (QED) is 0.609. The van der Waals surface area contributed by atoms with Crippen LogP contribution >= 0.6 is 0 Å². The summed E-state index contributed by atoms with van der Waals surface area (Å²) in [5.74, 6) is 0.235. The monoisotopic (exact) mass is 196 g/mol. The van der Waals surface area contributed by atoms with E-state index in [1.54, 1.807) is 6.08 Å². The average Bonchev–Trinajstić information content (AvgIpc) is 2.08. The molecule has 0 bridgehead atoms. The molecule has 1 fully saturated rings. The van der Waals surface area contributed by atoms with Gasteiger partial charge in [0.25, 0.3) is 0 Å². The first-order valence-electron chi connectivity index (χ1n) is 5.08. The van der Waals surface area contributed by atoms with Gasteiger partial charge in [-0.2, -0.15) is 0 Å². The smallest absolute Gasteiger partial charge is 0.174 e. The van der Waals surface area contributed by atoms with Crippen molar-refractivity contribution in [2.24, 2.45) is 0 Å². The predicted molar refractivity (Wildman–Crippen MR) is 58.4 cm³/mol. The van der Waals surface area contributed by atoms with Gasteiger partial charge in [0.1, 0.15) is 0 Å². The van der Waals surface area contributed by atoms with Gasteiger partial charge in [-0.3, -0.25) is 9.69 Å². The molecule has 0 saturated carbocycles. The highest BCUT2D eigenvalue weighted by atomic mass is 16.1. The molecule has 0 aromatic carbocycles. The Hall–Kier alpha value is -0.670. The molecule has 0 spiro atoms. The lowest BCUT2D eigenvalue weighted by Crippen LogP contribution is -2.53. The third-order valence-corrected chi connectivity index (χ3v) is 2.61. The number of carbonyl (C=O) groups is 1. The molecule has 1 aliphatic rings. The van der Waals surface area contributed by atoms with Crippen molar-refractivity contribution < 1.29 is 4.79 Å². The summed E-state index contributed by atoms with van der Waals surface area (Å²) in [4.78, 5) is 16.2. The summed E-state index contributed by atoms with van der Waals surface area (Å²) in [7, 11) is 4.09. The zero-order valence-corrected chi connectivity index (χ0v) is 9.58. The molecule has 0 aromatic heterocycles. The predicted octanol–water partition coefficient (Wildman–Crippen LogP) is 0.768. The number of nitrogens with zero attached hydrogens (tertiary/aromatic N) is 2. The number of hydrogen-bond acceptors (Lipinski definition) is 3. The number of carbonyl (C=O) groups excluding carboxylic acids is 1. The van der Waals surface area contributed by atoms with Crippen LogP contribution in [0.5, 0.6) is 0 Å². The van der Waals surface area contributed by atoms with Crippen LogP contribution in [0.4, 0.5) is 0 Å². The molecule has 0 aromatic rings. The average molecular weight is 196 g/mol. The topological polar surface area (TPSA) is 23.6 Å². The molecule has 1 atom stereocenters. The van der Waals surface area contributed by atoms with Crippen molar-refractivity contribution in [3.05, 3.63) is 11.6 Å². The van der Waals surface area contributed by atoms with Gasteiger partial charge in [-0.25, -0.2) is 0 Å². The number of allylic oxidation sites excluding steroid dienone is 1. The lowest BCUT2D eigenvalue weighted by atomic mass is 10.1. The van der Waals surface area contributed by atoms with Crippen LogP contribution in [0.3, 0.4) is 0 Å². The van der Waals surface area contributed by atoms with Crippen molar-refractivity contribution in [1.29, 1.82) is 0 Å². The molecule has 14 heavy (non-hydrogen) atoms. The second-order valence-corrected chi connectivity index (χ2v) is 4.38. The van der Waals surface area contributed by atoms with Crippen LogP contribution in [0.1, 0.15) is 13.8 Å². The van der Waals surface area contributed by atoms with Crippen molar-refractivity contribution in [2.45, 2.75) is 19.9 Å². The van der Waals surface area contributed by atoms with Crippen molar-refractivity contribution in [1.82, 2.24) is 9.80 Å². The molecule has 1 heterocycles. The first kappa shape index (κ1) is 11.4. The number of rotatable bonds is 2. The number of likely N-dealkylation sites (N-methyl/N-ethyl adjacent to an activating group) is 2. The Kier molecular flexibility index (Phi) is 3.84. The van der Waals surface area contributed by atoms with Crippen LogP contribution < -0.4 is 0 Å². The highest BCUT2D eigenvalue weighted by molar-refractivity contribution is 5.95. The van der Waals surface area contributed by atoms with Gasteiger partial charge in [0.05, 0.1) is 6.04 Å². The maximum absolute atomic E-state index is 11.8. The third-order valence-electron chi connectivity index (χ3n) is 2.61. The molecule has 0 amide bonds. The molecule has 0 radical (unpaired) electrons. The van der Waals surface area contributed by atoms with Gasteiger partial charge < -0.3 is 4.90 Å². The molecular formula is C11H20N2O. The first-order chi connectivity index (χ1) is 6.50. The van der Waals surface area contributed by atoms with E-state index in [4.69, 9.17) is 0 Å². The van der Waals surface area contributed by atoms with E-state index in [1.807, 2.05) is 20.9 Å². The Labute approximate surface area is 86.4 Å². The summed E-state index contributed by atoms with van der Waals surface area (Å²) in [5.41, 5.74) is 1.08. The number of ketones is 1. The van der Waals surface area contributed by atoms with Gasteiger partial charge in [-0.1, -0.05) is 5.57 Å². The Bertz CT molecular complexity index is 244. The Morgan fingerprint density at radius 2 is 1.93 bits per heavy atom. The minimum Gasteiger partial charge on any atom is -0.303 e. The molecule has 1 rings (SSSR count). The van der Waals surface area contributed by atoms with Crippen molar-refractivity contribution in [2.75, 3.05) is 33.7 Å². The minimum absolute atomic E-state index is 0.0450. The van der Waals surface area contributed by atoms with E-state index >= 15 is 0 Å². The first-order valence-corrected chi connectivity index (χ1v) is 5.08. The van der Waals surface area contributed by atoms with Gasteiger partial charge in [0.2, 0.25) is 0 Å². The summed E-state index contributed by atoms with van der Waals surface area (Å²) in [6.07, 6.45) is 1.75. The second-order valence-electron chi connectivity index (χ2n) is 4.38. The molecule has 1 unspecified atom stereocenters. The SMILES string of the molecule is CC(C)=CC(=O)C1CN(C)CCN1C. The van der Waals surface area contributed by atoms with E-state index in [-0.39, 0.29) is 11.8 Å². The summed E-state index contributed by atoms with van der Waals surface area (Å²) in [6, 6.07) is 0.0450. The summed E-state index contributed by atoms with van der Waals surface area (Å²) < 4.78 is 0. The molecule has 3 nitrogen and oxygen atoms in total. The molecule has 1 saturated heterocycles. The van der Waals surface area contributed by atoms with Crippen molar-refractivity contribution >= 4 is 5.78 Å². The van der Waals surface area contributed by atoms with E-state index in [1.165, 1.54) is 0 Å². The highest BCUT2D eigenvalue weighted by Crippen LogP contribution is 2.08. The van der Waals surface area contributed by atoms with Gasteiger partial charge in [0.15, 0.2) is 5.78 Å². The van der Waals surface area contributed by atoms with Crippen LogP contribution in [0, 0.1) is 0 Å². The zero-order chi connectivity index (χ0) is 10.7. The maximum Gasteiger partial charge on any atom is 0.174 e. The van der Waals surface area contributed by atoms with Gasteiger partial charge >= 0.3 is 0 Å². The zero-order valence-electron chi connectivity index (χ0n) is 9.58. The molecule has 80 valence electrons. The van der Waals surface area contributed by atoms with Crippen LogP contribution in [0.15, 0.2) is 11.6 Å². The van der Waals surface area contributed by atoms with Gasteiger partial charge in [-0.05, 0) is 34.0 Å². The number of hydrogen-bond donors (Lipinski definition) is 0. The van der Waals surface area contributed by atoms with E-state index in [0.717, 1.165) is 25.2 Å². The highest BCUT2D eigenvalue weighted by Gasteiger charge is 2.26. The molecule has 1 aliphatic heterocycles. The van der Waals surface area contributed by atoms with E-state index in [0.29, 0.717) is 0 Å². The fourth-order valence-corrected chi connectivity index (χ4v) is 1.70. The van der Waals surface area contributed by atoms with Gasteiger partial charge in [0, 0.05) is 19.6 Å². The molecule has 3 heteroatoms. The van der Waals surface area contributed by atoms with Crippen molar-refractivity contribution in [3.8, 4) is 0 Å². The van der Waals surface area contributed by atoms with Crippen LogP contribution in [0.2, 0.25) is 0 Å². The third kappa shape index (κ3) is 2.93. The largest absolute Gasteiger partial charge is 0.303 e. The lowest BCUT2D eigenvalue weighted by Gasteiger charge is -2.36. The second kappa shape index (κ2) is 4.71. The van der Waals surface area contributed by atoms with Crippen LogP contribution in [-0.2, 0) is 4.79 Å². The number of piperazine rings is 1. The Morgan fingerprint density at radius 3 is 2.50 bits per heavy atom. The van der Waals surface area contributed by atoms with E-state index in [9.17, 15) is 4.79 Å². The summed E-state index contributed by atoms with van der Waals surface area (Å²) in [6.45, 7) is 6.80. The fourth-order valence-electron chi connectivity index (χ4n) is 1.70. The van der Waals surface area contributed by atoms with Crippen LogP contribution in [-0.4, -0.2) is 55.4 Å². The minimum atomic E-state index is 0.0450. The van der Waals surface area contributed by atoms with Gasteiger partial charge in [-0.15, -0.1) is 0 Å². The maximum atomic E-state index is 11.8. The summed E-state index contributed by atoms with van der Waals surface area (Å²) >= 11 is 0. The van der Waals surface area contributed by atoms with E-state index in [2.05, 4.69) is 16.8 Å². The standard InChI is InChI=1S/C11H20N2O/c1-9(2)7-11(14)10-8-12(3)5-6-13(10)4/h7,10H,5-6,8H2,1-4H3. The normalized spacial score (nSPS) is 24.7. The van der Waals surface area contributed by atoms with Crippen molar-refractivity contribution in [3.63, 3.8) is 0 Å². The molecular weight excluding hydrogens is 176 g/mol. The van der Waals surface area contributed by atoms with Crippen LogP contribution in [0.25, 0.3) is 0 Å². The molecule has 0 aliphatic carbocycles. The Morgan fingerprint density at radius 1 is 1.29 bits per heavy atom. The van der Waals surface area contributed by atoms with E-state index < -0.39 is 0 Å². The Balaban J connectivity index is 2.65. The lowest BCUT2D eigenvalue weighted by molar-refractivity contribution is -0.121. The molecule has 0 N–H and O–H groups in total.